The highest BCUT2D eigenvalue weighted by atomic mass is 32.2. The number of aromatic nitrogens is 1. The van der Waals surface area contributed by atoms with Crippen LogP contribution in [0.3, 0.4) is 0 Å². The van der Waals surface area contributed by atoms with Gasteiger partial charge in [0.15, 0.2) is 10.3 Å². The van der Waals surface area contributed by atoms with Crippen molar-refractivity contribution < 1.29 is 23.1 Å². The zero-order chi connectivity index (χ0) is 18.2. The minimum Gasteiger partial charge on any atom is -0.496 e. The highest BCUT2D eigenvalue weighted by molar-refractivity contribution is 7.91. The molecule has 25 heavy (non-hydrogen) atoms. The first-order chi connectivity index (χ1) is 11.9. The van der Waals surface area contributed by atoms with E-state index in [0.29, 0.717) is 11.7 Å². The molecule has 1 fully saturated rings. The van der Waals surface area contributed by atoms with Crippen molar-refractivity contribution in [3.8, 4) is 5.75 Å². The Morgan fingerprint density at radius 1 is 1.40 bits per heavy atom. The van der Waals surface area contributed by atoms with Gasteiger partial charge in [-0.1, -0.05) is 18.2 Å². The molecule has 0 amide bonds. The molecule has 134 valence electrons. The molecule has 1 atom stereocenters. The number of aliphatic carboxylic acids is 1. The molecule has 1 N–H and O–H groups in total. The summed E-state index contributed by atoms with van der Waals surface area (Å²) in [6.45, 7) is 0. The van der Waals surface area contributed by atoms with Crippen LogP contribution in [0.25, 0.3) is 0 Å². The molecule has 1 unspecified atom stereocenters. The second kappa shape index (κ2) is 6.74. The Bertz CT molecular complexity index is 889. The van der Waals surface area contributed by atoms with E-state index in [1.165, 1.54) is 20.4 Å². The predicted octanol–water partition coefficient (Wildman–Crippen LogP) is 2.48. The van der Waals surface area contributed by atoms with Gasteiger partial charge in [0.2, 0.25) is 0 Å². The Morgan fingerprint density at radius 2 is 2.08 bits per heavy atom. The van der Waals surface area contributed by atoms with E-state index in [1.54, 1.807) is 24.3 Å². The van der Waals surface area contributed by atoms with Gasteiger partial charge in [0, 0.05) is 18.5 Å². The third kappa shape index (κ3) is 3.39. The number of rotatable bonds is 7. The van der Waals surface area contributed by atoms with Gasteiger partial charge in [-0.05, 0) is 18.9 Å². The molecule has 1 heterocycles. The SMILES string of the molecule is COc1ccccc1C(C(=O)O)N(C)S(=O)(=O)c1cnc(C2CC2)s1. The van der Waals surface area contributed by atoms with Gasteiger partial charge in [-0.15, -0.1) is 11.3 Å². The lowest BCUT2D eigenvalue weighted by Gasteiger charge is -2.25. The maximum atomic E-state index is 12.9. The number of methoxy groups -OCH3 is 1. The van der Waals surface area contributed by atoms with E-state index in [-0.39, 0.29) is 9.77 Å². The number of nitrogens with zero attached hydrogens (tertiary/aromatic N) is 2. The summed E-state index contributed by atoms with van der Waals surface area (Å²) in [7, 11) is -1.31. The third-order valence-electron chi connectivity index (χ3n) is 4.09. The fourth-order valence-electron chi connectivity index (χ4n) is 2.57. The zero-order valence-electron chi connectivity index (χ0n) is 13.7. The Hall–Kier alpha value is -1.97. The number of sulfonamides is 1. The number of hydrogen-bond acceptors (Lipinski definition) is 6. The van der Waals surface area contributed by atoms with Crippen LogP contribution >= 0.6 is 11.3 Å². The van der Waals surface area contributed by atoms with Gasteiger partial charge >= 0.3 is 5.97 Å². The summed E-state index contributed by atoms with van der Waals surface area (Å²) >= 11 is 1.11. The van der Waals surface area contributed by atoms with Gasteiger partial charge in [-0.3, -0.25) is 4.79 Å². The number of carboxylic acids is 1. The quantitative estimate of drug-likeness (QED) is 0.790. The summed E-state index contributed by atoms with van der Waals surface area (Å²) in [6.07, 6.45) is 3.34. The third-order valence-corrected chi connectivity index (χ3v) is 7.51. The summed E-state index contributed by atoms with van der Waals surface area (Å²) in [5.41, 5.74) is 0.274. The van der Waals surface area contributed by atoms with E-state index < -0.39 is 22.0 Å². The minimum absolute atomic E-state index is 0.0537. The van der Waals surface area contributed by atoms with E-state index in [9.17, 15) is 18.3 Å². The molecule has 0 radical (unpaired) electrons. The van der Waals surface area contributed by atoms with Gasteiger partial charge in [0.05, 0.1) is 18.3 Å². The second-order valence-electron chi connectivity index (χ2n) is 5.80. The van der Waals surface area contributed by atoms with E-state index in [2.05, 4.69) is 4.98 Å². The van der Waals surface area contributed by atoms with Gasteiger partial charge in [-0.25, -0.2) is 13.4 Å². The molecule has 7 nitrogen and oxygen atoms in total. The molecule has 0 aliphatic heterocycles. The highest BCUT2D eigenvalue weighted by Crippen LogP contribution is 2.43. The molecule has 1 aromatic heterocycles. The van der Waals surface area contributed by atoms with Crippen LogP contribution in [0.2, 0.25) is 0 Å². The Morgan fingerprint density at radius 3 is 2.68 bits per heavy atom. The molecular formula is C16H18N2O5S2. The number of para-hydroxylation sites is 1. The first kappa shape index (κ1) is 17.8. The first-order valence-electron chi connectivity index (χ1n) is 7.65. The number of hydrogen-bond donors (Lipinski definition) is 1. The van der Waals surface area contributed by atoms with Crippen molar-refractivity contribution in [2.24, 2.45) is 0 Å². The van der Waals surface area contributed by atoms with Crippen molar-refractivity contribution in [1.29, 1.82) is 0 Å². The van der Waals surface area contributed by atoms with Gasteiger partial charge < -0.3 is 9.84 Å². The second-order valence-corrected chi connectivity index (χ2v) is 9.08. The average molecular weight is 382 g/mol. The maximum Gasteiger partial charge on any atom is 0.326 e. The summed E-state index contributed by atoms with van der Waals surface area (Å²) in [5.74, 6) is -0.619. The maximum absolute atomic E-state index is 12.9. The van der Waals surface area contributed by atoms with E-state index in [1.807, 2.05) is 0 Å². The molecular weight excluding hydrogens is 364 g/mol. The zero-order valence-corrected chi connectivity index (χ0v) is 15.4. The lowest BCUT2D eigenvalue weighted by molar-refractivity contribution is -0.141. The molecule has 1 saturated carbocycles. The van der Waals surface area contributed by atoms with Crippen molar-refractivity contribution in [1.82, 2.24) is 9.29 Å². The van der Waals surface area contributed by atoms with Crippen molar-refractivity contribution >= 4 is 27.3 Å². The Labute approximate surface area is 149 Å². The number of carboxylic acid groups (broad SMARTS) is 1. The van der Waals surface area contributed by atoms with Crippen LogP contribution in [0.15, 0.2) is 34.7 Å². The fourth-order valence-corrected chi connectivity index (χ4v) is 5.37. The van der Waals surface area contributed by atoms with Gasteiger partial charge in [0.25, 0.3) is 10.0 Å². The summed E-state index contributed by atoms with van der Waals surface area (Å²) in [6, 6.07) is 5.09. The standard InChI is InChI=1S/C16H18N2O5S2/c1-18(14(16(19)20)11-5-3-4-6-12(11)23-2)25(21,22)13-9-17-15(24-13)10-7-8-10/h3-6,9-10,14H,7-8H2,1-2H3,(H,19,20). The van der Waals surface area contributed by atoms with Crippen molar-refractivity contribution in [2.45, 2.75) is 29.0 Å². The van der Waals surface area contributed by atoms with E-state index in [4.69, 9.17) is 4.74 Å². The molecule has 1 aliphatic carbocycles. The Balaban J connectivity index is 1.99. The van der Waals surface area contributed by atoms with Crippen LogP contribution in [-0.2, 0) is 14.8 Å². The smallest absolute Gasteiger partial charge is 0.326 e. The molecule has 1 aromatic carbocycles. The number of thiazole rings is 1. The van der Waals surface area contributed by atoms with Crippen molar-refractivity contribution in [3.63, 3.8) is 0 Å². The summed E-state index contributed by atoms with van der Waals surface area (Å²) in [5, 5.41) is 10.4. The minimum atomic E-state index is -3.99. The topological polar surface area (TPSA) is 96.8 Å². The van der Waals surface area contributed by atoms with E-state index >= 15 is 0 Å². The number of likely N-dealkylation sites (N-methyl/N-ethyl adjacent to an activating group) is 1. The van der Waals surface area contributed by atoms with Crippen LogP contribution in [0.4, 0.5) is 0 Å². The first-order valence-corrected chi connectivity index (χ1v) is 9.91. The van der Waals surface area contributed by atoms with Gasteiger partial charge in [-0.2, -0.15) is 4.31 Å². The molecule has 0 saturated heterocycles. The molecule has 1 aliphatic rings. The molecule has 3 rings (SSSR count). The lowest BCUT2D eigenvalue weighted by Crippen LogP contribution is -2.35. The number of ether oxygens (including phenoxy) is 1. The van der Waals surface area contributed by atoms with Crippen molar-refractivity contribution in [2.75, 3.05) is 14.2 Å². The van der Waals surface area contributed by atoms with Gasteiger partial charge in [0.1, 0.15) is 5.75 Å². The fraction of sp³-hybridized carbons (Fsp3) is 0.375. The lowest BCUT2D eigenvalue weighted by atomic mass is 10.1. The van der Waals surface area contributed by atoms with E-state index in [0.717, 1.165) is 33.5 Å². The largest absolute Gasteiger partial charge is 0.496 e. The van der Waals surface area contributed by atoms with Crippen LogP contribution < -0.4 is 4.74 Å². The van der Waals surface area contributed by atoms with Crippen LogP contribution in [0.1, 0.15) is 35.4 Å². The average Bonchev–Trinajstić information content (AvgIpc) is 3.31. The van der Waals surface area contributed by atoms with Crippen LogP contribution in [-0.4, -0.2) is 42.9 Å². The molecule has 9 heteroatoms. The van der Waals surface area contributed by atoms with Crippen molar-refractivity contribution in [3.05, 3.63) is 41.0 Å². The summed E-state index contributed by atoms with van der Waals surface area (Å²) < 4.78 is 31.9. The molecule has 0 bridgehead atoms. The normalized spacial score (nSPS) is 16.0. The summed E-state index contributed by atoms with van der Waals surface area (Å²) in [4.78, 5) is 16.0. The number of benzene rings is 1. The predicted molar refractivity (Wildman–Crippen MR) is 92.4 cm³/mol. The highest BCUT2D eigenvalue weighted by Gasteiger charge is 2.37. The van der Waals surface area contributed by atoms with Crippen LogP contribution in [0, 0.1) is 0 Å². The van der Waals surface area contributed by atoms with Crippen LogP contribution in [0.5, 0.6) is 5.75 Å². The number of carbonyl (C=O) groups is 1. The molecule has 0 spiro atoms. The Kier molecular flexibility index (Phi) is 4.81. The molecule has 2 aromatic rings. The monoisotopic (exact) mass is 382 g/mol.